The van der Waals surface area contributed by atoms with Gasteiger partial charge in [0.15, 0.2) is 11.5 Å². The lowest BCUT2D eigenvalue weighted by Gasteiger charge is -2.06. The molecule has 0 unspecified atom stereocenters. The van der Waals surface area contributed by atoms with Crippen LogP contribution in [0.5, 0.6) is 11.5 Å². The Balaban J connectivity index is 2.36. The highest BCUT2D eigenvalue weighted by atomic mass is 35.5. The SMILES string of the molecule is O=[N+]([O-])c1cc2c(cc1NCCCl)OCO2. The van der Waals surface area contributed by atoms with Gasteiger partial charge in [0.05, 0.1) is 11.0 Å². The Labute approximate surface area is 96.3 Å². The molecule has 0 aromatic heterocycles. The van der Waals surface area contributed by atoms with Crippen LogP contribution in [0.3, 0.4) is 0 Å². The molecule has 16 heavy (non-hydrogen) atoms. The zero-order chi connectivity index (χ0) is 11.5. The number of benzene rings is 1. The molecule has 1 heterocycles. The van der Waals surface area contributed by atoms with Crippen molar-refractivity contribution in [3.63, 3.8) is 0 Å². The Morgan fingerprint density at radius 1 is 1.44 bits per heavy atom. The molecule has 0 bridgehead atoms. The van der Waals surface area contributed by atoms with Crippen molar-refractivity contribution in [2.75, 3.05) is 24.5 Å². The Hall–Kier alpha value is -1.69. The molecule has 7 heteroatoms. The zero-order valence-corrected chi connectivity index (χ0v) is 8.99. The lowest BCUT2D eigenvalue weighted by Crippen LogP contribution is -2.05. The highest BCUT2D eigenvalue weighted by Crippen LogP contribution is 2.40. The molecule has 0 saturated heterocycles. The number of hydrogen-bond donors (Lipinski definition) is 1. The van der Waals surface area contributed by atoms with Gasteiger partial charge in [0.2, 0.25) is 6.79 Å². The molecule has 0 amide bonds. The van der Waals surface area contributed by atoms with Crippen LogP contribution in [0.4, 0.5) is 11.4 Å². The molecular weight excluding hydrogens is 236 g/mol. The molecule has 0 spiro atoms. The van der Waals surface area contributed by atoms with Gasteiger partial charge in [-0.25, -0.2) is 0 Å². The van der Waals surface area contributed by atoms with Gasteiger partial charge in [-0.2, -0.15) is 0 Å². The first-order valence-electron chi connectivity index (χ1n) is 4.60. The van der Waals surface area contributed by atoms with Crippen molar-refractivity contribution in [2.45, 2.75) is 0 Å². The number of nitrogens with zero attached hydrogens (tertiary/aromatic N) is 1. The van der Waals surface area contributed by atoms with E-state index in [1.807, 2.05) is 0 Å². The van der Waals surface area contributed by atoms with E-state index in [-0.39, 0.29) is 12.5 Å². The second-order valence-corrected chi connectivity index (χ2v) is 3.47. The second-order valence-electron chi connectivity index (χ2n) is 3.10. The Kier molecular flexibility index (Phi) is 3.00. The lowest BCUT2D eigenvalue weighted by atomic mass is 10.2. The van der Waals surface area contributed by atoms with Crippen LogP contribution >= 0.6 is 11.6 Å². The van der Waals surface area contributed by atoms with Crippen molar-refractivity contribution in [3.8, 4) is 11.5 Å². The molecule has 0 fully saturated rings. The first-order valence-corrected chi connectivity index (χ1v) is 5.13. The number of rotatable bonds is 4. The molecule has 1 aromatic carbocycles. The van der Waals surface area contributed by atoms with Crippen LogP contribution < -0.4 is 14.8 Å². The Morgan fingerprint density at radius 3 is 2.75 bits per heavy atom. The maximum Gasteiger partial charge on any atom is 0.296 e. The van der Waals surface area contributed by atoms with E-state index in [1.165, 1.54) is 6.07 Å². The Morgan fingerprint density at radius 2 is 2.12 bits per heavy atom. The molecule has 0 aliphatic carbocycles. The van der Waals surface area contributed by atoms with Gasteiger partial charge in [0, 0.05) is 18.5 Å². The van der Waals surface area contributed by atoms with Gasteiger partial charge in [0.25, 0.3) is 5.69 Å². The van der Waals surface area contributed by atoms with E-state index in [0.29, 0.717) is 29.6 Å². The van der Waals surface area contributed by atoms with E-state index in [0.717, 1.165) is 0 Å². The van der Waals surface area contributed by atoms with E-state index >= 15 is 0 Å². The second kappa shape index (κ2) is 4.44. The number of ether oxygens (including phenoxy) is 2. The van der Waals surface area contributed by atoms with Crippen molar-refractivity contribution < 1.29 is 14.4 Å². The number of nitro groups is 1. The predicted molar refractivity (Wildman–Crippen MR) is 58.4 cm³/mol. The Bertz CT molecular complexity index is 424. The van der Waals surface area contributed by atoms with Crippen LogP contribution in [0.15, 0.2) is 12.1 Å². The van der Waals surface area contributed by atoms with Crippen molar-refractivity contribution in [3.05, 3.63) is 22.2 Å². The monoisotopic (exact) mass is 244 g/mol. The van der Waals surface area contributed by atoms with Crippen molar-refractivity contribution in [1.82, 2.24) is 0 Å². The fourth-order valence-corrected chi connectivity index (χ4v) is 1.50. The maximum absolute atomic E-state index is 10.8. The molecule has 1 aliphatic rings. The summed E-state index contributed by atoms with van der Waals surface area (Å²) in [5, 5.41) is 13.7. The average Bonchev–Trinajstić information content (AvgIpc) is 2.71. The summed E-state index contributed by atoms with van der Waals surface area (Å²) in [5.74, 6) is 1.26. The van der Waals surface area contributed by atoms with Crippen molar-refractivity contribution in [2.24, 2.45) is 0 Å². The highest BCUT2D eigenvalue weighted by Gasteiger charge is 2.22. The number of nitro benzene ring substituents is 1. The van der Waals surface area contributed by atoms with Gasteiger partial charge < -0.3 is 14.8 Å². The third-order valence-corrected chi connectivity index (χ3v) is 2.29. The highest BCUT2D eigenvalue weighted by molar-refractivity contribution is 6.18. The molecule has 0 radical (unpaired) electrons. The number of fused-ring (bicyclic) bond motifs is 1. The summed E-state index contributed by atoms with van der Waals surface area (Å²) in [6, 6.07) is 2.89. The van der Waals surface area contributed by atoms with Gasteiger partial charge in [-0.15, -0.1) is 11.6 Å². The molecule has 1 aliphatic heterocycles. The van der Waals surface area contributed by atoms with Crippen LogP contribution in [-0.4, -0.2) is 24.1 Å². The summed E-state index contributed by atoms with van der Waals surface area (Å²) in [7, 11) is 0. The fraction of sp³-hybridized carbons (Fsp3) is 0.333. The van der Waals surface area contributed by atoms with Gasteiger partial charge in [0.1, 0.15) is 5.69 Å². The molecule has 1 N–H and O–H groups in total. The first-order chi connectivity index (χ1) is 7.72. The number of nitrogens with one attached hydrogen (secondary N) is 1. The summed E-state index contributed by atoms with van der Waals surface area (Å²) in [6.45, 7) is 0.535. The third kappa shape index (κ3) is 1.96. The van der Waals surface area contributed by atoms with E-state index < -0.39 is 4.92 Å². The quantitative estimate of drug-likeness (QED) is 0.498. The normalized spacial score (nSPS) is 12.6. The van der Waals surface area contributed by atoms with Crippen molar-refractivity contribution >= 4 is 23.0 Å². The standard InChI is InChI=1S/C9H9ClN2O4/c10-1-2-11-6-3-8-9(16-5-15-8)4-7(6)12(13)14/h3-4,11H,1-2,5H2. The molecule has 86 valence electrons. The molecule has 0 saturated carbocycles. The summed E-state index contributed by atoms with van der Waals surface area (Å²) >= 11 is 5.51. The van der Waals surface area contributed by atoms with Crippen LogP contribution in [0, 0.1) is 10.1 Å². The fourth-order valence-electron chi connectivity index (χ4n) is 1.41. The van der Waals surface area contributed by atoms with E-state index in [9.17, 15) is 10.1 Å². The van der Waals surface area contributed by atoms with Crippen LogP contribution in [0.1, 0.15) is 0 Å². The summed E-state index contributed by atoms with van der Waals surface area (Å²) in [5.41, 5.74) is 0.337. The lowest BCUT2D eigenvalue weighted by molar-refractivity contribution is -0.384. The van der Waals surface area contributed by atoms with Crippen LogP contribution in [0.25, 0.3) is 0 Å². The van der Waals surface area contributed by atoms with Gasteiger partial charge >= 0.3 is 0 Å². The van der Waals surface area contributed by atoms with Gasteiger partial charge in [-0.05, 0) is 0 Å². The number of halogens is 1. The van der Waals surface area contributed by atoms with E-state index in [4.69, 9.17) is 21.1 Å². The molecule has 0 atom stereocenters. The van der Waals surface area contributed by atoms with Crippen molar-refractivity contribution in [1.29, 1.82) is 0 Å². The largest absolute Gasteiger partial charge is 0.454 e. The minimum atomic E-state index is -0.474. The minimum Gasteiger partial charge on any atom is -0.454 e. The maximum atomic E-state index is 10.8. The average molecular weight is 245 g/mol. The smallest absolute Gasteiger partial charge is 0.296 e. The number of hydrogen-bond acceptors (Lipinski definition) is 5. The van der Waals surface area contributed by atoms with Crippen LogP contribution in [0.2, 0.25) is 0 Å². The molecule has 1 aromatic rings. The molecule has 6 nitrogen and oxygen atoms in total. The third-order valence-electron chi connectivity index (χ3n) is 2.10. The summed E-state index contributed by atoms with van der Waals surface area (Å²) in [4.78, 5) is 10.3. The summed E-state index contributed by atoms with van der Waals surface area (Å²) < 4.78 is 10.2. The first kappa shape index (κ1) is 10.8. The van der Waals surface area contributed by atoms with Gasteiger partial charge in [-0.3, -0.25) is 10.1 Å². The van der Waals surface area contributed by atoms with E-state index in [1.54, 1.807) is 6.07 Å². The number of alkyl halides is 1. The molecule has 2 rings (SSSR count). The number of anilines is 1. The minimum absolute atomic E-state index is 0.0469. The predicted octanol–water partition coefficient (Wildman–Crippen LogP) is 1.97. The van der Waals surface area contributed by atoms with Crippen LogP contribution in [-0.2, 0) is 0 Å². The van der Waals surface area contributed by atoms with Gasteiger partial charge in [-0.1, -0.05) is 0 Å². The zero-order valence-electron chi connectivity index (χ0n) is 8.23. The van der Waals surface area contributed by atoms with E-state index in [2.05, 4.69) is 5.32 Å². The molecular formula is C9H9ClN2O4. The summed E-state index contributed by atoms with van der Waals surface area (Å²) in [6.07, 6.45) is 0. The topological polar surface area (TPSA) is 73.6 Å².